The molecular formula is C20H30N4O2. The molecular weight excluding hydrogens is 328 g/mol. The van der Waals surface area contributed by atoms with Crippen LogP contribution in [0.5, 0.6) is 0 Å². The maximum absolute atomic E-state index is 13.3. The number of nitrogens with zero attached hydrogens (tertiary/aromatic N) is 2. The molecule has 0 bridgehead atoms. The summed E-state index contributed by atoms with van der Waals surface area (Å²) in [6.45, 7) is 0.767. The molecule has 2 heterocycles. The molecule has 2 saturated carbocycles. The van der Waals surface area contributed by atoms with Gasteiger partial charge in [-0.05, 0) is 37.0 Å². The minimum absolute atomic E-state index is 0.0929. The first-order valence-electron chi connectivity index (χ1n) is 10.3. The monoisotopic (exact) mass is 358 g/mol. The van der Waals surface area contributed by atoms with Gasteiger partial charge in [0, 0.05) is 13.0 Å². The predicted molar refractivity (Wildman–Crippen MR) is 98.2 cm³/mol. The van der Waals surface area contributed by atoms with Crippen molar-refractivity contribution in [3.05, 3.63) is 17.5 Å². The summed E-state index contributed by atoms with van der Waals surface area (Å²) in [6, 6.07) is -0.0929. The van der Waals surface area contributed by atoms with Crippen molar-refractivity contribution in [2.24, 2.45) is 23.5 Å². The van der Waals surface area contributed by atoms with Crippen molar-refractivity contribution >= 4 is 11.8 Å². The topological polar surface area (TPSA) is 92.1 Å². The van der Waals surface area contributed by atoms with Gasteiger partial charge in [0.2, 0.25) is 5.91 Å². The average Bonchev–Trinajstić information content (AvgIpc) is 3.01. The van der Waals surface area contributed by atoms with Crippen LogP contribution in [0.1, 0.15) is 86.3 Å². The van der Waals surface area contributed by atoms with E-state index in [1.54, 1.807) is 0 Å². The Hall–Kier alpha value is -1.85. The second-order valence-electron chi connectivity index (χ2n) is 8.41. The van der Waals surface area contributed by atoms with E-state index in [2.05, 4.69) is 10.2 Å². The number of nitrogens with one attached hydrogen (secondary N) is 1. The van der Waals surface area contributed by atoms with Gasteiger partial charge in [-0.25, -0.2) is 0 Å². The van der Waals surface area contributed by atoms with Gasteiger partial charge in [-0.1, -0.05) is 38.5 Å². The minimum atomic E-state index is -0.478. The normalized spacial score (nSPS) is 24.3. The Morgan fingerprint density at radius 3 is 2.38 bits per heavy atom. The molecule has 0 aromatic carbocycles. The van der Waals surface area contributed by atoms with Crippen molar-refractivity contribution in [2.45, 2.75) is 70.3 Å². The molecule has 1 saturated heterocycles. The summed E-state index contributed by atoms with van der Waals surface area (Å²) < 4.78 is 0. The van der Waals surface area contributed by atoms with Crippen LogP contribution in [0.4, 0.5) is 0 Å². The summed E-state index contributed by atoms with van der Waals surface area (Å²) in [4.78, 5) is 27.0. The summed E-state index contributed by atoms with van der Waals surface area (Å²) >= 11 is 0. The predicted octanol–water partition coefficient (Wildman–Crippen LogP) is 3.17. The molecule has 1 unspecified atom stereocenters. The second kappa shape index (κ2) is 7.41. The molecule has 3 fully saturated rings. The van der Waals surface area contributed by atoms with Crippen LogP contribution < -0.4 is 5.73 Å². The third kappa shape index (κ3) is 3.26. The van der Waals surface area contributed by atoms with Crippen molar-refractivity contribution in [2.75, 3.05) is 6.54 Å². The fourth-order valence-corrected chi connectivity index (χ4v) is 5.05. The number of carbonyl (C=O) groups excluding carboxylic acids is 2. The molecule has 1 aromatic heterocycles. The van der Waals surface area contributed by atoms with Gasteiger partial charge in [-0.3, -0.25) is 14.7 Å². The standard InChI is InChI=1S/C20H30N4O2/c21-20(26)16-12-22-23-19(16)17-9-1-2-10-24(17)18(25)11-15(13-5-3-6-13)14-7-4-8-14/h12-15,17H,1-11H2,(H2,21,26)(H,22,23). The summed E-state index contributed by atoms with van der Waals surface area (Å²) in [5, 5.41) is 6.95. The Morgan fingerprint density at radius 2 is 1.81 bits per heavy atom. The molecule has 1 aliphatic heterocycles. The molecule has 0 spiro atoms. The zero-order chi connectivity index (χ0) is 18.1. The van der Waals surface area contributed by atoms with E-state index in [-0.39, 0.29) is 11.9 Å². The number of piperidine rings is 1. The summed E-state index contributed by atoms with van der Waals surface area (Å²) in [5.74, 6) is 1.84. The van der Waals surface area contributed by atoms with Crippen molar-refractivity contribution < 1.29 is 9.59 Å². The number of aromatic nitrogens is 2. The minimum Gasteiger partial charge on any atom is -0.365 e. The van der Waals surface area contributed by atoms with Crippen molar-refractivity contribution in [1.82, 2.24) is 15.1 Å². The number of aromatic amines is 1. The number of carbonyl (C=O) groups is 2. The number of primary amides is 1. The first-order valence-corrected chi connectivity index (χ1v) is 10.3. The lowest BCUT2D eigenvalue weighted by molar-refractivity contribution is -0.138. The highest BCUT2D eigenvalue weighted by atomic mass is 16.2. The molecule has 3 aliphatic rings. The van der Waals surface area contributed by atoms with Gasteiger partial charge in [-0.15, -0.1) is 0 Å². The van der Waals surface area contributed by atoms with Gasteiger partial charge >= 0.3 is 0 Å². The fourth-order valence-electron chi connectivity index (χ4n) is 5.05. The second-order valence-corrected chi connectivity index (χ2v) is 8.41. The zero-order valence-electron chi connectivity index (χ0n) is 15.5. The summed E-state index contributed by atoms with van der Waals surface area (Å²) in [5.41, 5.74) is 6.63. The van der Waals surface area contributed by atoms with E-state index in [0.717, 1.165) is 43.3 Å². The molecule has 3 N–H and O–H groups in total. The molecule has 6 heteroatoms. The number of likely N-dealkylation sites (tertiary alicyclic amines) is 1. The lowest BCUT2D eigenvalue weighted by Crippen LogP contribution is -2.42. The number of amides is 2. The van der Waals surface area contributed by atoms with Crippen LogP contribution in [0.15, 0.2) is 6.20 Å². The fraction of sp³-hybridized carbons (Fsp3) is 0.750. The van der Waals surface area contributed by atoms with E-state index < -0.39 is 5.91 Å². The molecule has 4 rings (SSSR count). The largest absolute Gasteiger partial charge is 0.365 e. The lowest BCUT2D eigenvalue weighted by Gasteiger charge is -2.44. The van der Waals surface area contributed by atoms with Crippen LogP contribution in [-0.2, 0) is 4.79 Å². The van der Waals surface area contributed by atoms with E-state index in [9.17, 15) is 9.59 Å². The molecule has 2 amide bonds. The maximum atomic E-state index is 13.3. The van der Waals surface area contributed by atoms with Crippen molar-refractivity contribution in [3.8, 4) is 0 Å². The molecule has 6 nitrogen and oxygen atoms in total. The van der Waals surface area contributed by atoms with Crippen molar-refractivity contribution in [1.29, 1.82) is 0 Å². The van der Waals surface area contributed by atoms with Crippen LogP contribution in [0.25, 0.3) is 0 Å². The molecule has 1 atom stereocenters. The quantitative estimate of drug-likeness (QED) is 0.818. The van der Waals surface area contributed by atoms with Crippen LogP contribution in [0.3, 0.4) is 0 Å². The molecule has 2 aliphatic carbocycles. The Bertz CT molecular complexity index is 649. The number of hydrogen-bond donors (Lipinski definition) is 2. The Kier molecular flexibility index (Phi) is 5.00. The van der Waals surface area contributed by atoms with Gasteiger partial charge in [-0.2, -0.15) is 5.10 Å². The Labute approximate surface area is 154 Å². The number of rotatable bonds is 6. The average molecular weight is 358 g/mol. The zero-order valence-corrected chi connectivity index (χ0v) is 15.5. The van der Waals surface area contributed by atoms with Crippen molar-refractivity contribution in [3.63, 3.8) is 0 Å². The number of nitrogens with two attached hydrogens (primary N) is 1. The molecule has 1 aromatic rings. The maximum Gasteiger partial charge on any atom is 0.252 e. The van der Waals surface area contributed by atoms with Gasteiger partial charge in [0.1, 0.15) is 0 Å². The first kappa shape index (κ1) is 17.6. The lowest BCUT2D eigenvalue weighted by atomic mass is 9.63. The first-order chi connectivity index (χ1) is 12.6. The van der Waals surface area contributed by atoms with E-state index in [1.165, 1.54) is 44.7 Å². The highest BCUT2D eigenvalue weighted by Crippen LogP contribution is 2.46. The van der Waals surface area contributed by atoms with Crippen LogP contribution >= 0.6 is 0 Å². The van der Waals surface area contributed by atoms with Crippen LogP contribution in [0.2, 0.25) is 0 Å². The summed E-state index contributed by atoms with van der Waals surface area (Å²) in [7, 11) is 0. The third-order valence-electron chi connectivity index (χ3n) is 7.01. The van der Waals surface area contributed by atoms with E-state index in [1.807, 2.05) is 4.90 Å². The Morgan fingerprint density at radius 1 is 1.12 bits per heavy atom. The highest BCUT2D eigenvalue weighted by Gasteiger charge is 2.39. The van der Waals surface area contributed by atoms with E-state index in [0.29, 0.717) is 17.9 Å². The van der Waals surface area contributed by atoms with E-state index in [4.69, 9.17) is 5.73 Å². The van der Waals surface area contributed by atoms with Gasteiger partial charge < -0.3 is 10.6 Å². The Balaban J connectivity index is 1.50. The van der Waals surface area contributed by atoms with Gasteiger partial charge in [0.05, 0.1) is 23.5 Å². The number of H-pyrrole nitrogens is 1. The molecule has 26 heavy (non-hydrogen) atoms. The van der Waals surface area contributed by atoms with Gasteiger partial charge in [0.15, 0.2) is 0 Å². The molecule has 0 radical (unpaired) electrons. The van der Waals surface area contributed by atoms with E-state index >= 15 is 0 Å². The van der Waals surface area contributed by atoms with Crippen LogP contribution in [-0.4, -0.2) is 33.5 Å². The molecule has 142 valence electrons. The number of hydrogen-bond acceptors (Lipinski definition) is 3. The SMILES string of the molecule is NC(=O)c1cn[nH]c1C1CCCCN1C(=O)CC(C1CCC1)C1CCC1. The van der Waals surface area contributed by atoms with Gasteiger partial charge in [0.25, 0.3) is 5.91 Å². The highest BCUT2D eigenvalue weighted by molar-refractivity contribution is 5.94. The summed E-state index contributed by atoms with van der Waals surface area (Å²) in [6.07, 6.45) is 12.9. The van der Waals surface area contributed by atoms with Crippen LogP contribution in [0, 0.1) is 17.8 Å². The smallest absolute Gasteiger partial charge is 0.252 e. The third-order valence-corrected chi connectivity index (χ3v) is 7.01.